The summed E-state index contributed by atoms with van der Waals surface area (Å²) in [5.74, 6) is -1.14. The number of carbonyl (C=O) groups excluding carboxylic acids is 1. The van der Waals surface area contributed by atoms with E-state index in [0.717, 1.165) is 32.4 Å². The molecule has 0 bridgehead atoms. The second-order valence-corrected chi connectivity index (χ2v) is 8.12. The monoisotopic (exact) mass is 347 g/mol. The van der Waals surface area contributed by atoms with Gasteiger partial charge in [0.15, 0.2) is 0 Å². The second-order valence-electron chi connectivity index (χ2n) is 6.03. The molecule has 2 fully saturated rings. The molecule has 0 spiro atoms. The highest BCUT2D eigenvalue weighted by atomic mass is 32.2. The number of rotatable bonds is 5. The van der Waals surface area contributed by atoms with Crippen molar-refractivity contribution in [3.05, 3.63) is 0 Å². The average Bonchev–Trinajstić information content (AvgIpc) is 2.54. The summed E-state index contributed by atoms with van der Waals surface area (Å²) in [6.07, 6.45) is 3.19. The molecular formula is C14H25N3O5S. The number of piperazine rings is 1. The Bertz CT molecular complexity index is 523. The van der Waals surface area contributed by atoms with Crippen molar-refractivity contribution in [2.75, 3.05) is 45.0 Å². The first-order valence-corrected chi connectivity index (χ1v) is 9.74. The van der Waals surface area contributed by atoms with E-state index in [1.54, 1.807) is 4.90 Å². The maximum Gasteiger partial charge on any atom is 0.320 e. The molecule has 0 unspecified atom stereocenters. The molecule has 0 aromatic carbocycles. The van der Waals surface area contributed by atoms with Crippen molar-refractivity contribution in [1.29, 1.82) is 0 Å². The van der Waals surface area contributed by atoms with Gasteiger partial charge in [-0.15, -0.1) is 0 Å². The molecule has 0 saturated carbocycles. The predicted molar refractivity (Wildman–Crippen MR) is 84.6 cm³/mol. The SMILES string of the molecule is O=C(O)CCCS(=O)(=O)N1CCN(C(=O)N2CCCCC2)CC1. The van der Waals surface area contributed by atoms with Gasteiger partial charge >= 0.3 is 12.0 Å². The van der Waals surface area contributed by atoms with Crippen LogP contribution in [0.25, 0.3) is 0 Å². The smallest absolute Gasteiger partial charge is 0.320 e. The Labute approximate surface area is 137 Å². The summed E-state index contributed by atoms with van der Waals surface area (Å²) in [5, 5.41) is 8.58. The molecule has 9 heteroatoms. The Morgan fingerprint density at radius 1 is 0.870 bits per heavy atom. The third-order valence-electron chi connectivity index (χ3n) is 4.32. The molecule has 2 heterocycles. The summed E-state index contributed by atoms with van der Waals surface area (Å²) in [5.41, 5.74) is 0. The van der Waals surface area contributed by atoms with E-state index < -0.39 is 16.0 Å². The van der Waals surface area contributed by atoms with Crippen LogP contribution in [0.4, 0.5) is 4.79 Å². The molecule has 132 valence electrons. The van der Waals surface area contributed by atoms with Gasteiger partial charge in [0.2, 0.25) is 10.0 Å². The molecule has 0 aliphatic carbocycles. The number of hydrogen-bond donors (Lipinski definition) is 1. The first-order chi connectivity index (χ1) is 10.9. The van der Waals surface area contributed by atoms with E-state index in [9.17, 15) is 18.0 Å². The van der Waals surface area contributed by atoms with Gasteiger partial charge in [-0.3, -0.25) is 4.79 Å². The zero-order chi connectivity index (χ0) is 16.9. The van der Waals surface area contributed by atoms with Gasteiger partial charge < -0.3 is 14.9 Å². The fourth-order valence-corrected chi connectivity index (χ4v) is 4.46. The topological polar surface area (TPSA) is 98.2 Å². The van der Waals surface area contributed by atoms with Crippen LogP contribution in [0, 0.1) is 0 Å². The number of carboxylic acids is 1. The lowest BCUT2D eigenvalue weighted by atomic mass is 10.1. The summed E-state index contributed by atoms with van der Waals surface area (Å²) in [6.45, 7) is 2.93. The number of aliphatic carboxylic acids is 1. The van der Waals surface area contributed by atoms with Gasteiger partial charge in [0.05, 0.1) is 5.75 Å². The van der Waals surface area contributed by atoms with Gasteiger partial charge in [0.25, 0.3) is 0 Å². The van der Waals surface area contributed by atoms with Crippen molar-refractivity contribution in [2.24, 2.45) is 0 Å². The van der Waals surface area contributed by atoms with Crippen LogP contribution >= 0.6 is 0 Å². The van der Waals surface area contributed by atoms with Crippen LogP contribution in [0.1, 0.15) is 32.1 Å². The maximum atomic E-state index is 12.4. The molecule has 2 amide bonds. The number of amides is 2. The molecule has 2 saturated heterocycles. The van der Waals surface area contributed by atoms with Crippen molar-refractivity contribution in [3.8, 4) is 0 Å². The third kappa shape index (κ3) is 5.07. The lowest BCUT2D eigenvalue weighted by Gasteiger charge is -2.38. The Balaban J connectivity index is 1.80. The van der Waals surface area contributed by atoms with Crippen molar-refractivity contribution in [3.63, 3.8) is 0 Å². The maximum absolute atomic E-state index is 12.4. The minimum absolute atomic E-state index is 0.00706. The molecule has 2 aliphatic rings. The van der Waals surface area contributed by atoms with Crippen LogP contribution in [0.5, 0.6) is 0 Å². The number of hydrogen-bond acceptors (Lipinski definition) is 4. The van der Waals surface area contributed by atoms with Crippen molar-refractivity contribution in [1.82, 2.24) is 14.1 Å². The van der Waals surface area contributed by atoms with Crippen molar-refractivity contribution in [2.45, 2.75) is 32.1 Å². The van der Waals surface area contributed by atoms with Crippen LogP contribution < -0.4 is 0 Å². The van der Waals surface area contributed by atoms with E-state index in [0.29, 0.717) is 13.1 Å². The zero-order valence-electron chi connectivity index (χ0n) is 13.3. The molecule has 0 atom stereocenters. The highest BCUT2D eigenvalue weighted by Crippen LogP contribution is 2.15. The molecule has 2 aliphatic heterocycles. The lowest BCUT2D eigenvalue weighted by Crippen LogP contribution is -2.54. The molecule has 0 aromatic heterocycles. The molecular weight excluding hydrogens is 322 g/mol. The van der Waals surface area contributed by atoms with E-state index in [2.05, 4.69) is 0 Å². The summed E-state index contributed by atoms with van der Waals surface area (Å²) >= 11 is 0. The highest BCUT2D eigenvalue weighted by Gasteiger charge is 2.30. The number of carboxylic acid groups (broad SMARTS) is 1. The van der Waals surface area contributed by atoms with Crippen LogP contribution in [0.15, 0.2) is 0 Å². The van der Waals surface area contributed by atoms with Gasteiger partial charge in [-0.1, -0.05) is 0 Å². The quantitative estimate of drug-likeness (QED) is 0.776. The fourth-order valence-electron chi connectivity index (χ4n) is 2.98. The Hall–Kier alpha value is -1.35. The van der Waals surface area contributed by atoms with Gasteiger partial charge in [-0.05, 0) is 25.7 Å². The normalized spacial score (nSPS) is 20.5. The average molecular weight is 347 g/mol. The van der Waals surface area contributed by atoms with Crippen LogP contribution in [-0.2, 0) is 14.8 Å². The number of urea groups is 1. The van der Waals surface area contributed by atoms with E-state index >= 15 is 0 Å². The summed E-state index contributed by atoms with van der Waals surface area (Å²) in [7, 11) is -3.43. The number of likely N-dealkylation sites (tertiary alicyclic amines) is 1. The highest BCUT2D eigenvalue weighted by molar-refractivity contribution is 7.89. The Kier molecular flexibility index (Phi) is 6.23. The van der Waals surface area contributed by atoms with Gasteiger partial charge in [0, 0.05) is 45.7 Å². The molecule has 8 nitrogen and oxygen atoms in total. The van der Waals surface area contributed by atoms with E-state index in [-0.39, 0.29) is 37.7 Å². The predicted octanol–water partition coefficient (Wildman–Crippen LogP) is 0.405. The number of carbonyl (C=O) groups is 2. The van der Waals surface area contributed by atoms with E-state index in [4.69, 9.17) is 5.11 Å². The van der Waals surface area contributed by atoms with Gasteiger partial charge in [0.1, 0.15) is 0 Å². The number of nitrogens with zero attached hydrogens (tertiary/aromatic N) is 3. The van der Waals surface area contributed by atoms with Gasteiger partial charge in [-0.25, -0.2) is 13.2 Å². The van der Waals surface area contributed by atoms with Crippen molar-refractivity contribution >= 4 is 22.0 Å². The van der Waals surface area contributed by atoms with Crippen LogP contribution in [0.2, 0.25) is 0 Å². The first-order valence-electron chi connectivity index (χ1n) is 8.13. The molecule has 0 aromatic rings. The minimum atomic E-state index is -3.43. The third-order valence-corrected chi connectivity index (χ3v) is 6.28. The number of piperidine rings is 1. The molecule has 2 rings (SSSR count). The van der Waals surface area contributed by atoms with Gasteiger partial charge in [-0.2, -0.15) is 4.31 Å². The fraction of sp³-hybridized carbons (Fsp3) is 0.857. The largest absolute Gasteiger partial charge is 0.481 e. The standard InChI is InChI=1S/C14H25N3O5S/c18-13(19)5-4-12-23(21,22)17-10-8-16(9-11-17)14(20)15-6-2-1-3-7-15/h1-12H2,(H,18,19). The Morgan fingerprint density at radius 3 is 2.00 bits per heavy atom. The summed E-state index contributed by atoms with van der Waals surface area (Å²) in [6, 6.07) is 0.00706. The lowest BCUT2D eigenvalue weighted by molar-refractivity contribution is -0.137. The van der Waals surface area contributed by atoms with Crippen LogP contribution in [-0.4, -0.2) is 84.7 Å². The Morgan fingerprint density at radius 2 is 1.43 bits per heavy atom. The van der Waals surface area contributed by atoms with Crippen molar-refractivity contribution < 1.29 is 23.1 Å². The number of sulfonamides is 1. The van der Waals surface area contributed by atoms with Crippen LogP contribution in [0.3, 0.4) is 0 Å². The second kappa shape index (κ2) is 7.96. The first kappa shape index (κ1) is 18.0. The molecule has 23 heavy (non-hydrogen) atoms. The zero-order valence-corrected chi connectivity index (χ0v) is 14.1. The summed E-state index contributed by atoms with van der Waals surface area (Å²) in [4.78, 5) is 26.4. The molecule has 1 N–H and O–H groups in total. The molecule has 0 radical (unpaired) electrons. The van der Waals surface area contributed by atoms with E-state index in [1.165, 1.54) is 4.31 Å². The van der Waals surface area contributed by atoms with E-state index in [1.807, 2.05) is 4.90 Å². The minimum Gasteiger partial charge on any atom is -0.481 e. The summed E-state index contributed by atoms with van der Waals surface area (Å²) < 4.78 is 25.7.